The quantitative estimate of drug-likeness (QED) is 0.123. The summed E-state index contributed by atoms with van der Waals surface area (Å²) >= 11 is 6.14. The van der Waals surface area contributed by atoms with E-state index in [2.05, 4.69) is 354 Å². The molecule has 3 heterocycles. The lowest BCUT2D eigenvalue weighted by atomic mass is 9.68. The number of benzene rings is 16. The van der Waals surface area contributed by atoms with Gasteiger partial charge in [-0.2, -0.15) is 0 Å². The van der Waals surface area contributed by atoms with Crippen LogP contribution in [0.25, 0.3) is 167 Å². The fourth-order valence-corrected chi connectivity index (χ4v) is 20.8. The minimum Gasteiger partial charge on any atom is -0.399 e. The molecule has 0 N–H and O–H groups in total. The van der Waals surface area contributed by atoms with E-state index in [4.69, 9.17) is 25.9 Å². The monoisotopic (exact) mass is 1500 g/mol. The third-order valence-electron chi connectivity index (χ3n) is 26.3. The molecule has 0 amide bonds. The standard InChI is InChI=1S/C52H31N.C41H31BO2.C17H12ClN/c1-3-14-32(15-4-1)35-29-48(33-16-5-2-6-17-33)53-49(30-35)34-26-27-39-38-20-9-11-24-44(38)52(46(39)28-34)45-25-12-10-21-41(45)51-42-23-13-22-40-36-18-7-8-19-37(36)43(50(40)42)31-47(51)52;1-39(2)40(3,4)44-42(43-39)24-20-21-28-27-14-7-9-18-33(27)41(35(28)22-24)34-19-10-8-15-30(34)38-31-17-11-16-29-25-12-5-6-13-26(25)32(37(29)31)23-36(38)41;18-17-12-15(13-7-3-1-4-8-13)11-16(19-17)14-9-5-2-6-10-14/h1-31H;5-23H,1-4H3;1-12H. The maximum atomic E-state index is 6.59. The highest BCUT2D eigenvalue weighted by Crippen LogP contribution is 2.68. The van der Waals surface area contributed by atoms with Crippen molar-refractivity contribution in [2.24, 2.45) is 0 Å². The second-order valence-electron chi connectivity index (χ2n) is 32.7. The molecule has 7 aliphatic rings. The maximum Gasteiger partial charge on any atom is 0.494 e. The van der Waals surface area contributed by atoms with Crippen molar-refractivity contribution in [1.82, 2.24) is 9.97 Å². The first-order valence-electron chi connectivity index (χ1n) is 40.3. The van der Waals surface area contributed by atoms with Crippen LogP contribution in [0.5, 0.6) is 0 Å². The van der Waals surface area contributed by atoms with E-state index in [1.54, 1.807) is 0 Å². The summed E-state index contributed by atoms with van der Waals surface area (Å²) in [7, 11) is -0.425. The van der Waals surface area contributed by atoms with Crippen LogP contribution in [0.15, 0.2) is 376 Å². The number of nitrogens with zero attached hydrogens (tertiary/aromatic N) is 2. The van der Waals surface area contributed by atoms with Gasteiger partial charge in [0.05, 0.1) is 39.1 Å². The summed E-state index contributed by atoms with van der Waals surface area (Å²) in [6.45, 7) is 8.51. The molecule has 2 unspecified atom stereocenters. The van der Waals surface area contributed by atoms with Crippen LogP contribution in [0.3, 0.4) is 0 Å². The number of pyridine rings is 2. The molecule has 4 nitrogen and oxygen atoms in total. The Hall–Kier alpha value is -13.4. The molecule has 6 aliphatic carbocycles. The van der Waals surface area contributed by atoms with Crippen molar-refractivity contribution >= 4 is 45.7 Å². The van der Waals surface area contributed by atoms with E-state index in [0.29, 0.717) is 5.15 Å². The van der Waals surface area contributed by atoms with Gasteiger partial charge in [0.1, 0.15) is 5.15 Å². The first kappa shape index (κ1) is 68.2. The molecule has 25 rings (SSSR count). The Morgan fingerprint density at radius 1 is 0.233 bits per heavy atom. The van der Waals surface area contributed by atoms with Gasteiger partial charge in [0.2, 0.25) is 0 Å². The Kier molecular flexibility index (Phi) is 15.2. The van der Waals surface area contributed by atoms with E-state index in [0.717, 1.165) is 55.9 Å². The fourth-order valence-electron chi connectivity index (χ4n) is 20.6. The van der Waals surface area contributed by atoms with Gasteiger partial charge in [-0.15, -0.1) is 0 Å². The Morgan fingerprint density at radius 2 is 0.569 bits per heavy atom. The van der Waals surface area contributed by atoms with Gasteiger partial charge in [-0.1, -0.05) is 345 Å². The Bertz CT molecular complexity index is 7050. The summed E-state index contributed by atoms with van der Waals surface area (Å²) in [5, 5.41) is 5.93. The molecule has 546 valence electrons. The van der Waals surface area contributed by atoms with E-state index < -0.39 is 29.2 Å². The summed E-state index contributed by atoms with van der Waals surface area (Å²) in [6, 6.07) is 137. The molecule has 2 atom stereocenters. The van der Waals surface area contributed by atoms with Crippen molar-refractivity contribution < 1.29 is 9.31 Å². The van der Waals surface area contributed by atoms with Crippen molar-refractivity contribution in [3.05, 3.63) is 426 Å². The van der Waals surface area contributed by atoms with Gasteiger partial charge in [0.15, 0.2) is 0 Å². The predicted molar refractivity (Wildman–Crippen MR) is 479 cm³/mol. The third kappa shape index (κ3) is 9.90. The van der Waals surface area contributed by atoms with Crippen molar-refractivity contribution in [3.63, 3.8) is 0 Å². The molecule has 0 bridgehead atoms. The zero-order valence-electron chi connectivity index (χ0n) is 64.5. The first-order chi connectivity index (χ1) is 56.9. The van der Waals surface area contributed by atoms with Crippen LogP contribution in [0, 0.1) is 0 Å². The minimum absolute atomic E-state index is 0.405. The van der Waals surface area contributed by atoms with Crippen LogP contribution in [-0.4, -0.2) is 28.3 Å². The summed E-state index contributed by atoms with van der Waals surface area (Å²) in [6.07, 6.45) is 0. The molecule has 2 aromatic heterocycles. The van der Waals surface area contributed by atoms with Crippen molar-refractivity contribution in [3.8, 4) is 145 Å². The Balaban J connectivity index is 0.000000113. The molecular formula is C110H74BClN2O2. The van der Waals surface area contributed by atoms with E-state index >= 15 is 0 Å². The molecule has 0 saturated carbocycles. The van der Waals surface area contributed by atoms with Crippen LogP contribution in [-0.2, 0) is 20.1 Å². The largest absolute Gasteiger partial charge is 0.494 e. The average molecular weight is 1500 g/mol. The molecule has 0 radical (unpaired) electrons. The van der Waals surface area contributed by atoms with Crippen LogP contribution >= 0.6 is 11.6 Å². The van der Waals surface area contributed by atoms with Crippen molar-refractivity contribution in [2.45, 2.75) is 49.7 Å². The molecule has 116 heavy (non-hydrogen) atoms. The van der Waals surface area contributed by atoms with E-state index in [-0.39, 0.29) is 0 Å². The third-order valence-corrected chi connectivity index (χ3v) is 26.4. The predicted octanol–water partition coefficient (Wildman–Crippen LogP) is 27.4. The van der Waals surface area contributed by atoms with Gasteiger partial charge in [-0.25, -0.2) is 9.97 Å². The van der Waals surface area contributed by atoms with Crippen LogP contribution < -0.4 is 5.46 Å². The van der Waals surface area contributed by atoms with E-state index in [1.165, 1.54) is 161 Å². The highest BCUT2D eigenvalue weighted by atomic mass is 35.5. The summed E-state index contributed by atoms with van der Waals surface area (Å²) in [5.74, 6) is 0. The lowest BCUT2D eigenvalue weighted by Gasteiger charge is -2.32. The zero-order chi connectivity index (χ0) is 77.3. The van der Waals surface area contributed by atoms with Crippen LogP contribution in [0.1, 0.15) is 72.2 Å². The molecule has 1 aliphatic heterocycles. The average Bonchev–Trinajstić information content (AvgIpc) is 1.50. The van der Waals surface area contributed by atoms with Gasteiger partial charge in [0.25, 0.3) is 0 Å². The van der Waals surface area contributed by atoms with Crippen molar-refractivity contribution in [1.29, 1.82) is 0 Å². The second-order valence-corrected chi connectivity index (χ2v) is 33.1. The Morgan fingerprint density at radius 3 is 1.03 bits per heavy atom. The molecule has 1 fully saturated rings. The highest BCUT2D eigenvalue weighted by Gasteiger charge is 2.57. The van der Waals surface area contributed by atoms with E-state index in [1.807, 2.05) is 54.6 Å². The highest BCUT2D eigenvalue weighted by molar-refractivity contribution is 6.62. The molecule has 16 aromatic carbocycles. The van der Waals surface area contributed by atoms with Gasteiger partial charge in [0, 0.05) is 16.7 Å². The van der Waals surface area contributed by atoms with Gasteiger partial charge >= 0.3 is 7.12 Å². The van der Waals surface area contributed by atoms with Crippen molar-refractivity contribution in [2.75, 3.05) is 0 Å². The SMILES string of the molecule is CC1(C)OB(c2ccc3c(c2)C2(c4ccccc4-3)c3ccccc3-c3c2cc2c4c(cccc34)-c3ccccc3-2)OC1(C)C.Clc1cc(-c2ccccc2)cc(-c2ccccc2)n1.c1ccc(-c2cc(-c3ccccc3)nc(-c3ccc4c(c3)C3(c5ccccc5-4)c4ccccc4-c4c3cc3c5c(cccc45)-c4ccccc4-3)c2)cc1. The first-order valence-corrected chi connectivity index (χ1v) is 40.7. The molecule has 6 heteroatoms. The summed E-state index contributed by atoms with van der Waals surface area (Å²) in [4.78, 5) is 9.77. The molecule has 18 aromatic rings. The van der Waals surface area contributed by atoms with Gasteiger partial charge in [-0.3, -0.25) is 0 Å². The maximum absolute atomic E-state index is 6.59. The fraction of sp³-hybridized carbons (Fsp3) is 0.0727. The summed E-state index contributed by atoms with van der Waals surface area (Å²) < 4.78 is 13.2. The normalized spacial score (nSPS) is 16.4. The second kappa shape index (κ2) is 25.8. The number of rotatable bonds is 6. The minimum atomic E-state index is -0.481. The molecule has 1 saturated heterocycles. The van der Waals surface area contributed by atoms with Gasteiger partial charge in [-0.05, 0) is 253 Å². The lowest BCUT2D eigenvalue weighted by Crippen LogP contribution is -2.41. The number of halogens is 1. The zero-order valence-corrected chi connectivity index (χ0v) is 65.2. The Labute approximate surface area is 680 Å². The van der Waals surface area contributed by atoms with Crippen LogP contribution in [0.2, 0.25) is 5.15 Å². The molecule has 2 spiro atoms. The number of fused-ring (bicyclic) bond motifs is 28. The topological polar surface area (TPSA) is 44.2 Å². The van der Waals surface area contributed by atoms with Crippen LogP contribution in [0.4, 0.5) is 0 Å². The number of hydrogen-bond donors (Lipinski definition) is 0. The lowest BCUT2D eigenvalue weighted by molar-refractivity contribution is 0.00578. The van der Waals surface area contributed by atoms with E-state index in [9.17, 15) is 0 Å². The number of hydrogen-bond acceptors (Lipinski definition) is 4. The molecular weight excluding hydrogens is 1430 g/mol. The van der Waals surface area contributed by atoms with Gasteiger partial charge < -0.3 is 9.31 Å². The smallest absolute Gasteiger partial charge is 0.399 e. The summed E-state index contributed by atoms with van der Waals surface area (Å²) in [5.41, 5.74) is 42.0. The number of aromatic nitrogens is 2.